The molecule has 8 aromatic rings. The fourth-order valence-corrected chi connectivity index (χ4v) is 7.89. The van der Waals surface area contributed by atoms with E-state index in [2.05, 4.69) is 52.6 Å². The van der Waals surface area contributed by atoms with E-state index in [1.807, 2.05) is 24.3 Å². The number of ether oxygens (including phenoxy) is 15. The normalized spacial score (nSPS) is 9.25. The van der Waals surface area contributed by atoms with E-state index in [0.29, 0.717) is 85.2 Å². The summed E-state index contributed by atoms with van der Waals surface area (Å²) in [5, 5.41) is 0. The lowest BCUT2D eigenvalue weighted by Crippen LogP contribution is -2.12. The fourth-order valence-electron chi connectivity index (χ4n) is 7.89. The third-order valence-corrected chi connectivity index (χ3v) is 14.0. The first-order chi connectivity index (χ1) is 54.0. The lowest BCUT2D eigenvalue weighted by Gasteiger charge is -2.11. The molecule has 26 heteroatoms. The summed E-state index contributed by atoms with van der Waals surface area (Å²) in [6.45, 7) is 40.9. The quantitative estimate of drug-likeness (QED) is 0.0128. The highest BCUT2D eigenvalue weighted by molar-refractivity contribution is 5.95. The highest BCUT2D eigenvalue weighted by Gasteiger charge is 2.18. The lowest BCUT2D eigenvalue weighted by atomic mass is 10.1. The van der Waals surface area contributed by atoms with Crippen molar-refractivity contribution in [2.45, 2.75) is 122 Å². The molecule has 0 heterocycles. The zero-order valence-electron chi connectivity index (χ0n) is 64.0. The van der Waals surface area contributed by atoms with Crippen LogP contribution in [0.15, 0.2) is 285 Å². The van der Waals surface area contributed by atoms with Gasteiger partial charge in [-0.05, 0) is 243 Å². The number of hydrogen-bond acceptors (Lipinski definition) is 26. The van der Waals surface area contributed by atoms with Crippen LogP contribution in [0.2, 0.25) is 0 Å². The first-order valence-corrected chi connectivity index (χ1v) is 33.9. The summed E-state index contributed by atoms with van der Waals surface area (Å²) < 4.78 is 77.0. The summed E-state index contributed by atoms with van der Waals surface area (Å²) >= 11 is 0. The maximum Gasteiger partial charge on any atom is 0.343 e. The standard InChI is InChI=1S/C31H28O10.C23H22O8.C20H18O4.C14H14O4.8CH4/c1-19(2)28(32)38-17-36-23-8-6-22(7-9-23)30(34)41-26-14-15-27(21(5)16-26)31(35)40-25-12-10-24(11-13-25)37-18-39-29(33)20(3)4;1-15(2)21(24)29-13-27-18-7-5-17(6-8-18)23(26)31-20-11-9-19(10-12-20)28-14-30-22(25)16(3)4;1-13(2)19(21)23-17-9-5-15(6-10-17)16-7-11-18(12-8-16)24-20(22)14(3)4;1-9(2)13(15)17-11-5-7-12(8-6-11)18-14(16)10(3)4;;;;;;;;/h6-16H,1,3,17-18H2,2,4-5H3;5-12H,1,3,13-14H2,2,4H3;5-12H,1,3H2,2,4H3;5-8H,1,3H2,2,4H3;8*1H4. The minimum Gasteiger partial charge on any atom is -0.457 e. The summed E-state index contributed by atoms with van der Waals surface area (Å²) in [5.41, 5.74) is 5.66. The third-order valence-electron chi connectivity index (χ3n) is 14.0. The molecule has 8 aromatic carbocycles. The molecular formula is C96H114O26. The predicted molar refractivity (Wildman–Crippen MR) is 471 cm³/mol. The minimum atomic E-state index is -0.614. The Labute approximate surface area is 716 Å². The molecule has 0 aliphatic heterocycles. The van der Waals surface area contributed by atoms with Gasteiger partial charge < -0.3 is 71.1 Å². The van der Waals surface area contributed by atoms with Gasteiger partial charge in [-0.1, -0.05) is 136 Å². The summed E-state index contributed by atoms with van der Waals surface area (Å²) in [6.07, 6.45) is 0. The zero-order chi connectivity index (χ0) is 84.1. The SMILES string of the molecule is C.C.C.C.C.C.C.C.C=C(C)C(=O)OCOc1ccc(OC(=O)c2ccc(OC(=O)c3ccc(OCOC(=O)C(=C)C)cc3)cc2C)cc1.C=C(C)C(=O)OCOc1ccc(OC(=O)c2ccc(OCOC(=O)C(=C)C)cc2)cc1.C=C(C)C(=O)Oc1ccc(-c2ccc(OC(=O)C(=C)C)cc2)cc1.C=C(C)C(=O)Oc1ccc(OC(=O)C(=C)C)cc1. The summed E-state index contributed by atoms with van der Waals surface area (Å²) in [7, 11) is 0. The smallest absolute Gasteiger partial charge is 0.343 e. The topological polar surface area (TPSA) is 326 Å². The van der Waals surface area contributed by atoms with Crippen LogP contribution in [0.5, 0.6) is 63.2 Å². The molecule has 8 rings (SSSR count). The largest absolute Gasteiger partial charge is 0.457 e. The van der Waals surface area contributed by atoms with Crippen LogP contribution in [-0.4, -0.2) is 92.8 Å². The van der Waals surface area contributed by atoms with Crippen molar-refractivity contribution < 1.29 is 124 Å². The Morgan fingerprint density at radius 1 is 0.221 bits per heavy atom. The van der Waals surface area contributed by atoms with Gasteiger partial charge in [-0.25, -0.2) is 52.7 Å². The highest BCUT2D eigenvalue weighted by Crippen LogP contribution is 2.28. The van der Waals surface area contributed by atoms with Gasteiger partial charge in [0, 0.05) is 44.6 Å². The Balaban J connectivity index is -0.000000773. The molecule has 0 fully saturated rings. The molecular weight excluding hydrogens is 1570 g/mol. The Morgan fingerprint density at radius 3 is 0.623 bits per heavy atom. The second kappa shape index (κ2) is 57.2. The van der Waals surface area contributed by atoms with Crippen LogP contribution in [0, 0.1) is 6.92 Å². The molecule has 0 N–H and O–H groups in total. The predicted octanol–water partition coefficient (Wildman–Crippen LogP) is 21.2. The molecule has 0 aliphatic carbocycles. The second-order valence-corrected chi connectivity index (χ2v) is 24.2. The molecule has 0 radical (unpaired) electrons. The Kier molecular flexibility index (Phi) is 53.1. The van der Waals surface area contributed by atoms with Gasteiger partial charge in [0.15, 0.2) is 0 Å². The van der Waals surface area contributed by atoms with E-state index in [9.17, 15) is 52.7 Å². The van der Waals surface area contributed by atoms with Crippen molar-refractivity contribution >= 4 is 65.7 Å². The minimum absolute atomic E-state index is 0. The van der Waals surface area contributed by atoms with Crippen LogP contribution in [0.1, 0.15) is 151 Å². The average molecular weight is 1680 g/mol. The van der Waals surface area contributed by atoms with E-state index in [-0.39, 0.29) is 132 Å². The van der Waals surface area contributed by atoms with Crippen LogP contribution in [0.4, 0.5) is 0 Å². The third kappa shape index (κ3) is 40.3. The number of carbonyl (C=O) groups excluding carboxylic acids is 11. The van der Waals surface area contributed by atoms with Crippen molar-refractivity contribution in [1.29, 1.82) is 0 Å². The van der Waals surface area contributed by atoms with Crippen molar-refractivity contribution in [3.05, 3.63) is 308 Å². The number of rotatable bonds is 31. The first-order valence-electron chi connectivity index (χ1n) is 33.9. The van der Waals surface area contributed by atoms with Crippen molar-refractivity contribution in [3.8, 4) is 74.4 Å². The number of benzene rings is 8. The summed E-state index contributed by atoms with van der Waals surface area (Å²) in [6, 6.07) is 49.5. The van der Waals surface area contributed by atoms with Crippen molar-refractivity contribution in [1.82, 2.24) is 0 Å². The van der Waals surface area contributed by atoms with Crippen molar-refractivity contribution in [2.75, 3.05) is 27.2 Å². The molecule has 0 bridgehead atoms. The van der Waals surface area contributed by atoms with E-state index >= 15 is 0 Å². The fraction of sp³-hybridized carbons (Fsp3) is 0.219. The van der Waals surface area contributed by atoms with E-state index < -0.39 is 65.7 Å². The second-order valence-electron chi connectivity index (χ2n) is 24.2. The van der Waals surface area contributed by atoms with Crippen LogP contribution in [-0.2, 0) is 57.3 Å². The Bertz CT molecular complexity index is 4780. The molecule has 0 unspecified atom stereocenters. The van der Waals surface area contributed by atoms with Gasteiger partial charge >= 0.3 is 65.7 Å². The lowest BCUT2D eigenvalue weighted by molar-refractivity contribution is -0.146. The molecule has 0 atom stereocenters. The van der Waals surface area contributed by atoms with E-state index in [4.69, 9.17) is 71.1 Å². The molecule has 0 spiro atoms. The van der Waals surface area contributed by atoms with Crippen LogP contribution in [0.25, 0.3) is 11.1 Å². The van der Waals surface area contributed by atoms with Crippen molar-refractivity contribution in [3.63, 3.8) is 0 Å². The summed E-state index contributed by atoms with van der Waals surface area (Å²) in [5.74, 6) is -1.80. The molecule has 0 aromatic heterocycles. The van der Waals surface area contributed by atoms with Gasteiger partial charge in [-0.2, -0.15) is 0 Å². The van der Waals surface area contributed by atoms with Gasteiger partial charge in [0.25, 0.3) is 0 Å². The average Bonchev–Trinajstić information content (AvgIpc) is 0.727. The van der Waals surface area contributed by atoms with Crippen LogP contribution < -0.4 is 52.1 Å². The van der Waals surface area contributed by atoms with E-state index in [0.717, 1.165) is 11.1 Å². The zero-order valence-corrected chi connectivity index (χ0v) is 64.0. The van der Waals surface area contributed by atoms with Gasteiger partial charge in [0.05, 0.1) is 16.7 Å². The van der Waals surface area contributed by atoms with Crippen molar-refractivity contribution in [2.24, 2.45) is 0 Å². The molecule has 0 saturated carbocycles. The number of esters is 11. The van der Waals surface area contributed by atoms with E-state index in [1.54, 1.807) is 113 Å². The monoisotopic (exact) mass is 1680 g/mol. The maximum atomic E-state index is 12.7. The van der Waals surface area contributed by atoms with Crippen LogP contribution in [0.3, 0.4) is 0 Å². The molecule has 0 saturated heterocycles. The highest BCUT2D eigenvalue weighted by atomic mass is 16.7. The van der Waals surface area contributed by atoms with Crippen LogP contribution >= 0.6 is 0 Å². The molecule has 0 amide bonds. The Morgan fingerprint density at radius 2 is 0.402 bits per heavy atom. The summed E-state index contributed by atoms with van der Waals surface area (Å²) in [4.78, 5) is 128. The van der Waals surface area contributed by atoms with Gasteiger partial charge in [0.1, 0.15) is 63.2 Å². The maximum absolute atomic E-state index is 12.7. The number of carbonyl (C=O) groups is 11. The molecule has 654 valence electrons. The molecule has 26 nitrogen and oxygen atoms in total. The Hall–Kier alpha value is -15.0. The number of hydrogen-bond donors (Lipinski definition) is 0. The van der Waals surface area contributed by atoms with Gasteiger partial charge in [-0.15, -0.1) is 0 Å². The van der Waals surface area contributed by atoms with Gasteiger partial charge in [0.2, 0.25) is 27.2 Å². The van der Waals surface area contributed by atoms with E-state index in [1.165, 1.54) is 113 Å². The molecule has 0 aliphatic rings. The number of aryl methyl sites for hydroxylation is 1. The van der Waals surface area contributed by atoms with Gasteiger partial charge in [-0.3, -0.25) is 0 Å². The first kappa shape index (κ1) is 113. The molecule has 122 heavy (non-hydrogen) atoms.